The van der Waals surface area contributed by atoms with Crippen LogP contribution >= 0.6 is 24.0 Å². The summed E-state index contributed by atoms with van der Waals surface area (Å²) in [5.74, 6) is 0.935. The van der Waals surface area contributed by atoms with Crippen LogP contribution in [0.15, 0.2) is 4.99 Å². The Hall–Kier alpha value is -0.870. The molecule has 0 atom stereocenters. The summed E-state index contributed by atoms with van der Waals surface area (Å²) in [6.45, 7) is 12.8. The Balaban J connectivity index is 0.00000320. The predicted octanol–water partition coefficient (Wildman–Crippen LogP) is 2.79. The molecule has 1 aliphatic heterocycles. The van der Waals surface area contributed by atoms with Crippen molar-refractivity contribution in [2.75, 3.05) is 45.9 Å². The van der Waals surface area contributed by atoms with Gasteiger partial charge in [0.2, 0.25) is 0 Å². The van der Waals surface area contributed by atoms with E-state index in [1.165, 1.54) is 43.4 Å². The zero-order valence-electron chi connectivity index (χ0n) is 19.3. The van der Waals surface area contributed by atoms with Crippen molar-refractivity contribution in [3.63, 3.8) is 0 Å². The van der Waals surface area contributed by atoms with Crippen LogP contribution in [0.5, 0.6) is 0 Å². The molecular formula is C22H41IN6O. The van der Waals surface area contributed by atoms with Crippen molar-refractivity contribution < 1.29 is 4.74 Å². The highest BCUT2D eigenvalue weighted by Gasteiger charge is 2.38. The molecule has 2 fully saturated rings. The molecule has 172 valence electrons. The highest BCUT2D eigenvalue weighted by atomic mass is 127. The Kier molecular flexibility index (Phi) is 10.4. The van der Waals surface area contributed by atoms with Gasteiger partial charge in [-0.1, -0.05) is 19.3 Å². The second-order valence-electron chi connectivity index (χ2n) is 8.53. The van der Waals surface area contributed by atoms with Crippen molar-refractivity contribution in [3.8, 4) is 0 Å². The summed E-state index contributed by atoms with van der Waals surface area (Å²) in [6.07, 6.45) is 7.46. The summed E-state index contributed by atoms with van der Waals surface area (Å²) >= 11 is 0. The molecule has 3 rings (SSSR count). The lowest BCUT2D eigenvalue weighted by Gasteiger charge is -2.47. The van der Waals surface area contributed by atoms with E-state index in [0.29, 0.717) is 0 Å². The minimum Gasteiger partial charge on any atom is -0.379 e. The van der Waals surface area contributed by atoms with E-state index < -0.39 is 0 Å². The van der Waals surface area contributed by atoms with E-state index in [1.54, 1.807) is 0 Å². The highest BCUT2D eigenvalue weighted by molar-refractivity contribution is 14.0. The molecule has 0 unspecified atom stereocenters. The number of hydrogen-bond donors (Lipinski definition) is 2. The number of nitrogens with one attached hydrogen (secondary N) is 2. The second kappa shape index (κ2) is 12.2. The van der Waals surface area contributed by atoms with Crippen LogP contribution < -0.4 is 10.6 Å². The molecule has 2 aliphatic rings. The number of morpholine rings is 1. The number of ether oxygens (including phenoxy) is 1. The van der Waals surface area contributed by atoms with Gasteiger partial charge in [0.25, 0.3) is 0 Å². The third-order valence-corrected chi connectivity index (χ3v) is 6.67. The Morgan fingerprint density at radius 1 is 1.13 bits per heavy atom. The number of aromatic nitrogens is 2. The molecule has 7 nitrogen and oxygen atoms in total. The van der Waals surface area contributed by atoms with Gasteiger partial charge >= 0.3 is 0 Å². The molecule has 0 amide bonds. The summed E-state index contributed by atoms with van der Waals surface area (Å²) in [4.78, 5) is 7.71. The van der Waals surface area contributed by atoms with Gasteiger partial charge in [-0.25, -0.2) is 0 Å². The molecule has 1 saturated heterocycles. The number of aliphatic imine (C=N–C) groups is 1. The first kappa shape index (κ1) is 25.4. The first-order valence-corrected chi connectivity index (χ1v) is 11.4. The van der Waals surface area contributed by atoms with Crippen molar-refractivity contribution >= 4 is 29.9 Å². The summed E-state index contributed by atoms with van der Waals surface area (Å²) in [5, 5.41) is 11.5. The Bertz CT molecular complexity index is 677. The average molecular weight is 533 g/mol. The van der Waals surface area contributed by atoms with Gasteiger partial charge in [0.1, 0.15) is 0 Å². The molecule has 1 saturated carbocycles. The van der Waals surface area contributed by atoms with Crippen LogP contribution in [0.25, 0.3) is 0 Å². The zero-order chi connectivity index (χ0) is 20.7. The van der Waals surface area contributed by atoms with E-state index in [2.05, 4.69) is 41.4 Å². The Morgan fingerprint density at radius 3 is 2.43 bits per heavy atom. The maximum atomic E-state index is 5.61. The fourth-order valence-electron chi connectivity index (χ4n) is 4.88. The zero-order valence-corrected chi connectivity index (χ0v) is 21.6. The molecular weight excluding hydrogens is 491 g/mol. The van der Waals surface area contributed by atoms with Crippen molar-refractivity contribution in [2.24, 2.45) is 12.0 Å². The second-order valence-corrected chi connectivity index (χ2v) is 8.53. The van der Waals surface area contributed by atoms with E-state index in [1.807, 2.05) is 11.7 Å². The Labute approximate surface area is 199 Å². The van der Waals surface area contributed by atoms with Crippen molar-refractivity contribution in [1.82, 2.24) is 25.3 Å². The summed E-state index contributed by atoms with van der Waals surface area (Å²) < 4.78 is 7.58. The monoisotopic (exact) mass is 532 g/mol. The summed E-state index contributed by atoms with van der Waals surface area (Å²) in [5.41, 5.74) is 3.93. The maximum absolute atomic E-state index is 5.61. The van der Waals surface area contributed by atoms with Crippen LogP contribution in [0.3, 0.4) is 0 Å². The minimum atomic E-state index is 0. The van der Waals surface area contributed by atoms with Gasteiger partial charge in [0, 0.05) is 44.5 Å². The molecule has 0 spiro atoms. The number of rotatable bonds is 7. The smallest absolute Gasteiger partial charge is 0.191 e. The molecule has 0 aromatic carbocycles. The van der Waals surface area contributed by atoms with Gasteiger partial charge in [0.15, 0.2) is 5.96 Å². The fraction of sp³-hybridized carbons (Fsp3) is 0.818. The molecule has 0 bridgehead atoms. The number of guanidine groups is 1. The fourth-order valence-corrected chi connectivity index (χ4v) is 4.88. The van der Waals surface area contributed by atoms with Crippen LogP contribution in [0.1, 0.15) is 56.0 Å². The van der Waals surface area contributed by atoms with Crippen LogP contribution in [0.4, 0.5) is 0 Å². The molecule has 30 heavy (non-hydrogen) atoms. The number of halogens is 1. The average Bonchev–Trinajstić information content (AvgIpc) is 2.99. The van der Waals surface area contributed by atoms with Crippen LogP contribution in [0.2, 0.25) is 0 Å². The van der Waals surface area contributed by atoms with E-state index in [0.717, 1.165) is 64.0 Å². The first-order valence-electron chi connectivity index (χ1n) is 11.4. The molecule has 1 aliphatic carbocycles. The number of hydrogen-bond acceptors (Lipinski definition) is 4. The largest absolute Gasteiger partial charge is 0.379 e. The van der Waals surface area contributed by atoms with E-state index in [9.17, 15) is 0 Å². The molecule has 0 radical (unpaired) electrons. The lowest BCUT2D eigenvalue weighted by molar-refractivity contribution is -0.0333. The number of aryl methyl sites for hydroxylation is 2. The topological polar surface area (TPSA) is 66.7 Å². The van der Waals surface area contributed by atoms with Gasteiger partial charge in [-0.3, -0.25) is 14.6 Å². The van der Waals surface area contributed by atoms with Crippen LogP contribution in [-0.4, -0.2) is 72.1 Å². The van der Waals surface area contributed by atoms with E-state index >= 15 is 0 Å². The molecule has 1 aromatic rings. The summed E-state index contributed by atoms with van der Waals surface area (Å²) in [7, 11) is 2.01. The number of nitrogens with zero attached hydrogens (tertiary/aromatic N) is 4. The normalized spacial score (nSPS) is 19.9. The maximum Gasteiger partial charge on any atom is 0.191 e. The van der Waals surface area contributed by atoms with Gasteiger partial charge < -0.3 is 15.4 Å². The predicted molar refractivity (Wildman–Crippen MR) is 134 cm³/mol. The van der Waals surface area contributed by atoms with Gasteiger partial charge in [-0.05, 0) is 45.6 Å². The van der Waals surface area contributed by atoms with Gasteiger partial charge in [-0.15, -0.1) is 24.0 Å². The minimum absolute atomic E-state index is 0. The standard InChI is InChI=1S/C22H40N6O.HI/c1-5-23-21(24-12-9-20-18(2)26-27(4)19(20)3)25-17-22(10-7-6-8-11-22)28-13-15-29-16-14-28;/h5-17H2,1-4H3,(H2,23,24,25);1H. The molecule has 1 aromatic heterocycles. The summed E-state index contributed by atoms with van der Waals surface area (Å²) in [6, 6.07) is 0. The third-order valence-electron chi connectivity index (χ3n) is 6.67. The molecule has 8 heteroatoms. The van der Waals surface area contributed by atoms with Crippen LogP contribution in [0, 0.1) is 13.8 Å². The third kappa shape index (κ3) is 6.32. The lowest BCUT2D eigenvalue weighted by Crippen LogP contribution is -2.56. The van der Waals surface area contributed by atoms with Crippen molar-refractivity contribution in [2.45, 2.75) is 64.8 Å². The Morgan fingerprint density at radius 2 is 1.83 bits per heavy atom. The molecule has 2 heterocycles. The van der Waals surface area contributed by atoms with Gasteiger partial charge in [-0.2, -0.15) is 5.10 Å². The van der Waals surface area contributed by atoms with Crippen LogP contribution in [-0.2, 0) is 18.2 Å². The van der Waals surface area contributed by atoms with Gasteiger partial charge in [0.05, 0.1) is 25.5 Å². The van der Waals surface area contributed by atoms with Crippen molar-refractivity contribution in [1.29, 1.82) is 0 Å². The van der Waals surface area contributed by atoms with E-state index in [4.69, 9.17) is 9.73 Å². The lowest BCUT2D eigenvalue weighted by atomic mass is 9.80. The SMILES string of the molecule is CCNC(=NCC1(N2CCOCC2)CCCCC1)NCCc1c(C)nn(C)c1C.I. The van der Waals surface area contributed by atoms with E-state index in [-0.39, 0.29) is 29.5 Å². The first-order chi connectivity index (χ1) is 14.1. The van der Waals surface area contributed by atoms with Crippen molar-refractivity contribution in [3.05, 3.63) is 17.0 Å². The highest BCUT2D eigenvalue weighted by Crippen LogP contribution is 2.34. The quantitative estimate of drug-likeness (QED) is 0.321. The molecule has 2 N–H and O–H groups in total.